The number of benzene rings is 1. The third-order valence-corrected chi connectivity index (χ3v) is 4.85. The Hall–Kier alpha value is -0.600. The first-order valence-corrected chi connectivity index (χ1v) is 7.15. The van der Waals surface area contributed by atoms with Crippen molar-refractivity contribution in [3.05, 3.63) is 34.6 Å². The molecule has 1 nitrogen and oxygen atoms in total. The summed E-state index contributed by atoms with van der Waals surface area (Å²) in [6.07, 6.45) is 6.51. The molecule has 2 rings (SSSR count). The number of rotatable bonds is 4. The van der Waals surface area contributed by atoms with E-state index < -0.39 is 0 Å². The van der Waals surface area contributed by atoms with Crippen molar-refractivity contribution in [1.82, 2.24) is 0 Å². The lowest BCUT2D eigenvalue weighted by molar-refractivity contribution is 0.218. The fourth-order valence-corrected chi connectivity index (χ4v) is 3.42. The molecule has 1 aromatic carbocycles. The molecular weight excluding hydrogens is 249 g/mol. The topological polar surface area (TPSA) is 26.0 Å². The zero-order valence-electron chi connectivity index (χ0n) is 10.9. The molecule has 0 saturated heterocycles. The van der Waals surface area contributed by atoms with Crippen molar-refractivity contribution < 1.29 is 4.39 Å². The molecule has 0 bridgehead atoms. The van der Waals surface area contributed by atoms with Crippen LogP contribution in [0.15, 0.2) is 18.2 Å². The van der Waals surface area contributed by atoms with Gasteiger partial charge in [0.15, 0.2) is 0 Å². The van der Waals surface area contributed by atoms with Crippen LogP contribution in [0.4, 0.5) is 4.39 Å². The molecule has 1 saturated carbocycles. The maximum Gasteiger partial charge on any atom is 0.145 e. The second-order valence-corrected chi connectivity index (χ2v) is 5.85. The summed E-state index contributed by atoms with van der Waals surface area (Å²) in [7, 11) is 0. The molecule has 3 heteroatoms. The van der Waals surface area contributed by atoms with E-state index in [-0.39, 0.29) is 22.3 Å². The number of halogens is 2. The SMILES string of the molecule is CCC1(C(N)Cc2cccc(Cl)c2F)CCCC1. The first kappa shape index (κ1) is 13.8. The molecule has 2 N–H and O–H groups in total. The largest absolute Gasteiger partial charge is 0.327 e. The number of hydrogen-bond donors (Lipinski definition) is 1. The fraction of sp³-hybridized carbons (Fsp3) is 0.600. The minimum absolute atomic E-state index is 0.0259. The van der Waals surface area contributed by atoms with E-state index in [1.165, 1.54) is 25.7 Å². The van der Waals surface area contributed by atoms with Crippen molar-refractivity contribution in [2.75, 3.05) is 0 Å². The van der Waals surface area contributed by atoms with E-state index in [0.717, 1.165) is 6.42 Å². The first-order chi connectivity index (χ1) is 8.59. The highest BCUT2D eigenvalue weighted by atomic mass is 35.5. The summed E-state index contributed by atoms with van der Waals surface area (Å²) in [5.41, 5.74) is 7.22. The van der Waals surface area contributed by atoms with Crippen molar-refractivity contribution in [1.29, 1.82) is 0 Å². The molecule has 0 heterocycles. The van der Waals surface area contributed by atoms with E-state index in [0.29, 0.717) is 12.0 Å². The molecule has 0 aromatic heterocycles. The molecule has 1 aliphatic rings. The Labute approximate surface area is 114 Å². The van der Waals surface area contributed by atoms with Gasteiger partial charge in [0.05, 0.1) is 5.02 Å². The summed E-state index contributed by atoms with van der Waals surface area (Å²) in [6, 6.07) is 5.19. The summed E-state index contributed by atoms with van der Waals surface area (Å²) in [4.78, 5) is 0. The van der Waals surface area contributed by atoms with E-state index in [9.17, 15) is 4.39 Å². The van der Waals surface area contributed by atoms with Gasteiger partial charge < -0.3 is 5.73 Å². The quantitative estimate of drug-likeness (QED) is 0.866. The van der Waals surface area contributed by atoms with Crippen molar-refractivity contribution in [2.24, 2.45) is 11.1 Å². The van der Waals surface area contributed by atoms with Gasteiger partial charge in [-0.1, -0.05) is 43.5 Å². The monoisotopic (exact) mass is 269 g/mol. The highest BCUT2D eigenvalue weighted by Crippen LogP contribution is 2.44. The molecule has 1 fully saturated rings. The normalized spacial score (nSPS) is 20.0. The molecule has 0 spiro atoms. The number of hydrogen-bond acceptors (Lipinski definition) is 1. The van der Waals surface area contributed by atoms with E-state index in [1.54, 1.807) is 18.2 Å². The van der Waals surface area contributed by atoms with Gasteiger partial charge in [0.1, 0.15) is 5.82 Å². The zero-order chi connectivity index (χ0) is 13.2. The second kappa shape index (κ2) is 5.58. The van der Waals surface area contributed by atoms with Gasteiger partial charge in [-0.3, -0.25) is 0 Å². The Morgan fingerprint density at radius 2 is 2.06 bits per heavy atom. The molecule has 0 amide bonds. The van der Waals surface area contributed by atoms with E-state index >= 15 is 0 Å². The predicted octanol–water partition coefficient (Wildman–Crippen LogP) is 4.32. The molecule has 0 radical (unpaired) electrons. The lowest BCUT2D eigenvalue weighted by atomic mass is 9.74. The maximum atomic E-state index is 13.9. The van der Waals surface area contributed by atoms with Crippen LogP contribution in [0.1, 0.15) is 44.6 Å². The third kappa shape index (κ3) is 2.55. The lowest BCUT2D eigenvalue weighted by Gasteiger charge is -2.34. The van der Waals surface area contributed by atoms with Gasteiger partial charge in [-0.05, 0) is 42.7 Å². The summed E-state index contributed by atoms with van der Waals surface area (Å²) >= 11 is 5.81. The third-order valence-electron chi connectivity index (χ3n) is 4.56. The van der Waals surface area contributed by atoms with Crippen molar-refractivity contribution >= 4 is 11.6 Å². The van der Waals surface area contributed by atoms with Crippen LogP contribution < -0.4 is 5.73 Å². The van der Waals surface area contributed by atoms with Gasteiger partial charge in [0.2, 0.25) is 0 Å². The smallest absolute Gasteiger partial charge is 0.145 e. The van der Waals surface area contributed by atoms with Crippen LogP contribution in [-0.4, -0.2) is 6.04 Å². The van der Waals surface area contributed by atoms with Crippen LogP contribution in [0.25, 0.3) is 0 Å². The molecular formula is C15H21ClFN. The summed E-state index contributed by atoms with van der Waals surface area (Å²) in [5, 5.41) is 0.191. The van der Waals surface area contributed by atoms with Crippen LogP contribution >= 0.6 is 11.6 Å². The Morgan fingerprint density at radius 3 is 2.67 bits per heavy atom. The van der Waals surface area contributed by atoms with Crippen molar-refractivity contribution in [2.45, 2.75) is 51.5 Å². The first-order valence-electron chi connectivity index (χ1n) is 6.77. The zero-order valence-corrected chi connectivity index (χ0v) is 11.6. The second-order valence-electron chi connectivity index (χ2n) is 5.45. The minimum atomic E-state index is -0.307. The maximum absolute atomic E-state index is 13.9. The van der Waals surface area contributed by atoms with Crippen LogP contribution in [0.2, 0.25) is 5.02 Å². The summed E-state index contributed by atoms with van der Waals surface area (Å²) in [6.45, 7) is 2.19. The number of nitrogens with two attached hydrogens (primary N) is 1. The van der Waals surface area contributed by atoms with Gasteiger partial charge in [-0.15, -0.1) is 0 Å². The molecule has 0 aliphatic heterocycles. The van der Waals surface area contributed by atoms with Gasteiger partial charge >= 0.3 is 0 Å². The highest BCUT2D eigenvalue weighted by Gasteiger charge is 2.37. The Balaban J connectivity index is 2.15. The summed E-state index contributed by atoms with van der Waals surface area (Å²) < 4.78 is 13.9. The average molecular weight is 270 g/mol. The van der Waals surface area contributed by atoms with Crippen molar-refractivity contribution in [3.63, 3.8) is 0 Å². The lowest BCUT2D eigenvalue weighted by Crippen LogP contribution is -2.41. The Bertz CT molecular complexity index is 413. The standard InChI is InChI=1S/C15H21ClFN/c1-2-15(8-3-4-9-15)13(18)10-11-6-5-7-12(16)14(11)17/h5-7,13H,2-4,8-10,18H2,1H3. The minimum Gasteiger partial charge on any atom is -0.327 e. The fourth-order valence-electron chi connectivity index (χ4n) is 3.23. The Kier molecular flexibility index (Phi) is 4.29. The van der Waals surface area contributed by atoms with E-state index in [1.807, 2.05) is 0 Å². The Morgan fingerprint density at radius 1 is 1.39 bits per heavy atom. The van der Waals surface area contributed by atoms with E-state index in [4.69, 9.17) is 17.3 Å². The van der Waals surface area contributed by atoms with E-state index in [2.05, 4.69) is 6.92 Å². The average Bonchev–Trinajstić information content (AvgIpc) is 2.85. The van der Waals surface area contributed by atoms with Crippen molar-refractivity contribution in [3.8, 4) is 0 Å². The van der Waals surface area contributed by atoms with Crippen LogP contribution in [-0.2, 0) is 6.42 Å². The molecule has 1 aromatic rings. The van der Waals surface area contributed by atoms with Crippen LogP contribution in [0.3, 0.4) is 0 Å². The van der Waals surface area contributed by atoms with Gasteiger partial charge in [0, 0.05) is 6.04 Å². The van der Waals surface area contributed by atoms with Gasteiger partial charge in [-0.2, -0.15) is 0 Å². The molecule has 1 aliphatic carbocycles. The molecule has 1 unspecified atom stereocenters. The van der Waals surface area contributed by atoms with Gasteiger partial charge in [-0.25, -0.2) is 4.39 Å². The van der Waals surface area contributed by atoms with Crippen LogP contribution in [0, 0.1) is 11.2 Å². The van der Waals surface area contributed by atoms with Crippen LogP contribution in [0.5, 0.6) is 0 Å². The molecule has 18 heavy (non-hydrogen) atoms. The van der Waals surface area contributed by atoms with Gasteiger partial charge in [0.25, 0.3) is 0 Å². The molecule has 1 atom stereocenters. The summed E-state index contributed by atoms with van der Waals surface area (Å²) in [5.74, 6) is -0.307. The molecule has 100 valence electrons. The predicted molar refractivity (Wildman–Crippen MR) is 74.3 cm³/mol. The highest BCUT2D eigenvalue weighted by molar-refractivity contribution is 6.30.